The van der Waals surface area contributed by atoms with Crippen molar-refractivity contribution in [1.29, 1.82) is 0 Å². The molecule has 29 heavy (non-hydrogen) atoms. The number of nitrogens with one attached hydrogen (secondary N) is 2. The second-order valence-electron chi connectivity index (χ2n) is 6.87. The highest BCUT2D eigenvalue weighted by atomic mass is 16.5. The molecule has 2 N–H and O–H groups in total. The lowest BCUT2D eigenvalue weighted by molar-refractivity contribution is 0.415. The van der Waals surface area contributed by atoms with E-state index in [1.807, 2.05) is 37.3 Å². The molecule has 0 fully saturated rings. The Labute approximate surface area is 173 Å². The van der Waals surface area contributed by atoms with Crippen LogP contribution in [-0.4, -0.2) is 30.2 Å². The molecule has 2 aromatic carbocycles. The first kappa shape index (κ1) is 20.5. The molecule has 0 aliphatic rings. The highest BCUT2D eigenvalue weighted by Gasteiger charge is 2.08. The minimum Gasteiger partial charge on any atom is -0.497 e. The zero-order valence-corrected chi connectivity index (χ0v) is 17.8. The summed E-state index contributed by atoms with van der Waals surface area (Å²) in [5.41, 5.74) is 5.24. The van der Waals surface area contributed by atoms with Gasteiger partial charge in [0.1, 0.15) is 11.6 Å². The Morgan fingerprint density at radius 2 is 1.62 bits per heavy atom. The van der Waals surface area contributed by atoms with Crippen LogP contribution in [0, 0.1) is 13.8 Å². The number of aryl methyl sites for hydroxylation is 2. The van der Waals surface area contributed by atoms with Gasteiger partial charge >= 0.3 is 0 Å². The maximum atomic E-state index is 5.20. The Morgan fingerprint density at radius 1 is 0.897 bits per heavy atom. The predicted octanol–water partition coefficient (Wildman–Crippen LogP) is 5.44. The van der Waals surface area contributed by atoms with Crippen LogP contribution in [0.5, 0.6) is 5.75 Å². The summed E-state index contributed by atoms with van der Waals surface area (Å²) >= 11 is 0. The van der Waals surface area contributed by atoms with Gasteiger partial charge in [-0.3, -0.25) is 0 Å². The van der Waals surface area contributed by atoms with E-state index < -0.39 is 0 Å². The fourth-order valence-corrected chi connectivity index (χ4v) is 3.20. The van der Waals surface area contributed by atoms with Gasteiger partial charge in [-0.2, -0.15) is 4.98 Å². The number of hydrogen-bond donors (Lipinski definition) is 2. The van der Waals surface area contributed by atoms with Crippen LogP contribution >= 0.6 is 0 Å². The van der Waals surface area contributed by atoms with E-state index in [9.17, 15) is 0 Å². The van der Waals surface area contributed by atoms with Gasteiger partial charge in [0, 0.05) is 41.9 Å². The number of nitrogens with zero attached hydrogens (tertiary/aromatic N) is 3. The Hall–Kier alpha value is -3.28. The number of ether oxygens (including phenoxy) is 1. The van der Waals surface area contributed by atoms with E-state index >= 15 is 0 Å². The van der Waals surface area contributed by atoms with E-state index in [1.165, 1.54) is 11.3 Å². The van der Waals surface area contributed by atoms with Gasteiger partial charge in [0.05, 0.1) is 7.11 Å². The SMILES string of the molecule is CCN(CC)c1ccc(Nc2cc(C)nc(Nc3ccc(OC)cc3)n2)c(C)c1. The molecule has 0 unspecified atom stereocenters. The molecular formula is C23H29N5O. The number of rotatable bonds is 8. The number of benzene rings is 2. The second kappa shape index (κ2) is 9.28. The van der Waals surface area contributed by atoms with Crippen molar-refractivity contribution >= 4 is 28.8 Å². The molecule has 0 aliphatic heterocycles. The Kier molecular flexibility index (Phi) is 6.54. The van der Waals surface area contributed by atoms with Gasteiger partial charge in [-0.25, -0.2) is 4.98 Å². The van der Waals surface area contributed by atoms with Crippen molar-refractivity contribution in [2.24, 2.45) is 0 Å². The van der Waals surface area contributed by atoms with Crippen molar-refractivity contribution in [2.45, 2.75) is 27.7 Å². The average molecular weight is 392 g/mol. The molecule has 0 radical (unpaired) electrons. The molecule has 6 nitrogen and oxygen atoms in total. The lowest BCUT2D eigenvalue weighted by atomic mass is 10.1. The summed E-state index contributed by atoms with van der Waals surface area (Å²) < 4.78 is 5.20. The molecule has 0 amide bonds. The first-order chi connectivity index (χ1) is 14.0. The third-order valence-electron chi connectivity index (χ3n) is 4.80. The molecular weight excluding hydrogens is 362 g/mol. The Morgan fingerprint density at radius 3 is 2.24 bits per heavy atom. The first-order valence-corrected chi connectivity index (χ1v) is 9.91. The first-order valence-electron chi connectivity index (χ1n) is 9.91. The molecule has 152 valence electrons. The summed E-state index contributed by atoms with van der Waals surface area (Å²) in [4.78, 5) is 11.5. The predicted molar refractivity (Wildman–Crippen MR) is 121 cm³/mol. The van der Waals surface area contributed by atoms with Gasteiger partial charge in [0.25, 0.3) is 0 Å². The molecule has 1 aromatic heterocycles. The zero-order valence-electron chi connectivity index (χ0n) is 17.8. The highest BCUT2D eigenvalue weighted by molar-refractivity contribution is 5.66. The van der Waals surface area contributed by atoms with Gasteiger partial charge < -0.3 is 20.3 Å². The van der Waals surface area contributed by atoms with Crippen LogP contribution in [0.1, 0.15) is 25.1 Å². The summed E-state index contributed by atoms with van der Waals surface area (Å²) in [7, 11) is 1.65. The van der Waals surface area contributed by atoms with Crippen molar-refractivity contribution < 1.29 is 4.74 Å². The standard InChI is InChI=1S/C23H29N5O/c1-6-28(7-2)19-10-13-21(16(3)14-19)26-22-15-17(4)24-23(27-22)25-18-8-11-20(29-5)12-9-18/h8-15H,6-7H2,1-5H3,(H2,24,25,26,27). The van der Waals surface area contributed by atoms with Crippen LogP contribution in [0.3, 0.4) is 0 Å². The van der Waals surface area contributed by atoms with Crippen LogP contribution in [0.2, 0.25) is 0 Å². The van der Waals surface area contributed by atoms with Crippen molar-refractivity contribution in [3.63, 3.8) is 0 Å². The average Bonchev–Trinajstić information content (AvgIpc) is 2.71. The van der Waals surface area contributed by atoms with Crippen molar-refractivity contribution in [2.75, 3.05) is 35.7 Å². The minimum absolute atomic E-state index is 0.551. The normalized spacial score (nSPS) is 10.5. The number of anilines is 5. The molecule has 6 heteroatoms. The van der Waals surface area contributed by atoms with Gasteiger partial charge in [0.2, 0.25) is 5.95 Å². The largest absolute Gasteiger partial charge is 0.497 e. The monoisotopic (exact) mass is 391 g/mol. The molecule has 0 atom stereocenters. The quantitative estimate of drug-likeness (QED) is 0.533. The van der Waals surface area contributed by atoms with E-state index in [-0.39, 0.29) is 0 Å². The number of aromatic nitrogens is 2. The fraction of sp³-hybridized carbons (Fsp3) is 0.304. The highest BCUT2D eigenvalue weighted by Crippen LogP contribution is 2.26. The van der Waals surface area contributed by atoms with E-state index in [0.29, 0.717) is 5.95 Å². The number of methoxy groups -OCH3 is 1. The van der Waals surface area contributed by atoms with E-state index in [2.05, 4.69) is 64.5 Å². The van der Waals surface area contributed by atoms with Gasteiger partial charge in [-0.15, -0.1) is 0 Å². The summed E-state index contributed by atoms with van der Waals surface area (Å²) in [5.74, 6) is 2.12. The van der Waals surface area contributed by atoms with Crippen LogP contribution in [-0.2, 0) is 0 Å². The maximum Gasteiger partial charge on any atom is 0.229 e. The smallest absolute Gasteiger partial charge is 0.229 e. The zero-order chi connectivity index (χ0) is 20.8. The summed E-state index contributed by atoms with van der Waals surface area (Å²) in [6.07, 6.45) is 0. The minimum atomic E-state index is 0.551. The third-order valence-corrected chi connectivity index (χ3v) is 4.80. The molecule has 0 saturated heterocycles. The Balaban J connectivity index is 1.79. The van der Waals surface area contributed by atoms with Crippen molar-refractivity contribution in [3.05, 3.63) is 59.8 Å². The Bertz CT molecular complexity index is 952. The summed E-state index contributed by atoms with van der Waals surface area (Å²) in [6.45, 7) is 10.4. The second-order valence-corrected chi connectivity index (χ2v) is 6.87. The van der Waals surface area contributed by atoms with Crippen LogP contribution < -0.4 is 20.3 Å². The van der Waals surface area contributed by atoms with Crippen LogP contribution in [0.15, 0.2) is 48.5 Å². The topological polar surface area (TPSA) is 62.3 Å². The molecule has 0 spiro atoms. The number of hydrogen-bond acceptors (Lipinski definition) is 6. The third kappa shape index (κ3) is 5.16. The molecule has 1 heterocycles. The van der Waals surface area contributed by atoms with E-state index in [4.69, 9.17) is 4.74 Å². The fourth-order valence-electron chi connectivity index (χ4n) is 3.20. The van der Waals surface area contributed by atoms with E-state index in [0.717, 1.165) is 41.7 Å². The molecule has 3 rings (SSSR count). The maximum absolute atomic E-state index is 5.20. The molecule has 0 bridgehead atoms. The van der Waals surface area contributed by atoms with E-state index in [1.54, 1.807) is 7.11 Å². The van der Waals surface area contributed by atoms with Gasteiger partial charge in [-0.1, -0.05) is 0 Å². The van der Waals surface area contributed by atoms with Gasteiger partial charge in [-0.05, 0) is 75.7 Å². The lowest BCUT2D eigenvalue weighted by Gasteiger charge is -2.22. The van der Waals surface area contributed by atoms with Crippen LogP contribution in [0.4, 0.5) is 28.8 Å². The summed E-state index contributed by atoms with van der Waals surface area (Å²) in [5, 5.41) is 6.68. The molecule has 3 aromatic rings. The van der Waals surface area contributed by atoms with Crippen LogP contribution in [0.25, 0.3) is 0 Å². The molecule has 0 saturated carbocycles. The van der Waals surface area contributed by atoms with Crippen molar-refractivity contribution in [3.8, 4) is 5.75 Å². The van der Waals surface area contributed by atoms with Gasteiger partial charge in [0.15, 0.2) is 0 Å². The van der Waals surface area contributed by atoms with Crippen molar-refractivity contribution in [1.82, 2.24) is 9.97 Å². The summed E-state index contributed by atoms with van der Waals surface area (Å²) in [6, 6.07) is 16.1. The lowest BCUT2D eigenvalue weighted by Crippen LogP contribution is -2.21. The molecule has 0 aliphatic carbocycles.